The van der Waals surface area contributed by atoms with E-state index in [2.05, 4.69) is 16.0 Å². The Morgan fingerprint density at radius 2 is 1.84 bits per heavy atom. The minimum atomic E-state index is -0.0435. The number of hydrogen-bond donors (Lipinski definition) is 3. The Bertz CT molecular complexity index is 769. The van der Waals surface area contributed by atoms with Gasteiger partial charge in [-0.2, -0.15) is 0 Å². The van der Waals surface area contributed by atoms with Crippen LogP contribution in [0, 0.1) is 11.8 Å². The summed E-state index contributed by atoms with van der Waals surface area (Å²) < 4.78 is 0. The van der Waals surface area contributed by atoms with Crippen LogP contribution in [0.25, 0.3) is 0 Å². The molecule has 1 saturated carbocycles. The highest BCUT2D eigenvalue weighted by atomic mass is 16.2. The molecule has 170 valence electrons. The predicted molar refractivity (Wildman–Crippen MR) is 125 cm³/mol. The van der Waals surface area contributed by atoms with Crippen molar-refractivity contribution in [2.45, 2.75) is 65.5 Å². The largest absolute Gasteiger partial charge is 0.357 e. The molecule has 0 aromatic heterocycles. The number of amides is 2. The SMILES string of the molecule is CCNC(=NCc1ccc(NC(=O)C(C)C)cc1)NC1CCN(C(=O)C2CCCC2)C1. The van der Waals surface area contributed by atoms with Gasteiger partial charge in [0, 0.05) is 43.2 Å². The van der Waals surface area contributed by atoms with Crippen molar-refractivity contribution in [2.24, 2.45) is 16.8 Å². The van der Waals surface area contributed by atoms with Crippen molar-refractivity contribution >= 4 is 23.5 Å². The normalized spacial score (nSPS) is 19.7. The van der Waals surface area contributed by atoms with Crippen LogP contribution in [0.3, 0.4) is 0 Å². The zero-order chi connectivity index (χ0) is 22.2. The lowest BCUT2D eigenvalue weighted by Crippen LogP contribution is -2.45. The first-order valence-corrected chi connectivity index (χ1v) is 11.7. The van der Waals surface area contributed by atoms with Crippen LogP contribution in [0.2, 0.25) is 0 Å². The van der Waals surface area contributed by atoms with Crippen molar-refractivity contribution in [3.63, 3.8) is 0 Å². The molecule has 2 amide bonds. The van der Waals surface area contributed by atoms with Gasteiger partial charge in [-0.15, -0.1) is 0 Å². The molecule has 7 heteroatoms. The average molecular weight is 428 g/mol. The molecule has 0 radical (unpaired) electrons. The summed E-state index contributed by atoms with van der Waals surface area (Å²) >= 11 is 0. The van der Waals surface area contributed by atoms with Gasteiger partial charge in [-0.25, -0.2) is 4.99 Å². The summed E-state index contributed by atoms with van der Waals surface area (Å²) in [5.74, 6) is 1.33. The van der Waals surface area contributed by atoms with Crippen molar-refractivity contribution in [1.82, 2.24) is 15.5 Å². The predicted octanol–water partition coefficient (Wildman–Crippen LogP) is 3.13. The third-order valence-corrected chi connectivity index (χ3v) is 6.05. The first-order chi connectivity index (χ1) is 15.0. The second kappa shape index (κ2) is 11.2. The molecular formula is C24H37N5O2. The lowest BCUT2D eigenvalue weighted by Gasteiger charge is -2.21. The Morgan fingerprint density at radius 1 is 1.13 bits per heavy atom. The van der Waals surface area contributed by atoms with Gasteiger partial charge in [-0.3, -0.25) is 9.59 Å². The molecule has 1 atom stereocenters. The highest BCUT2D eigenvalue weighted by Gasteiger charge is 2.32. The van der Waals surface area contributed by atoms with Crippen LogP contribution in [-0.4, -0.2) is 48.3 Å². The molecule has 0 spiro atoms. The first-order valence-electron chi connectivity index (χ1n) is 11.7. The molecule has 1 aliphatic heterocycles. The van der Waals surface area contributed by atoms with E-state index in [0.29, 0.717) is 12.5 Å². The summed E-state index contributed by atoms with van der Waals surface area (Å²) in [5.41, 5.74) is 1.87. The van der Waals surface area contributed by atoms with Gasteiger partial charge in [0.2, 0.25) is 11.8 Å². The molecule has 1 saturated heterocycles. The number of nitrogens with zero attached hydrogens (tertiary/aromatic N) is 2. The molecule has 1 aromatic rings. The second-order valence-corrected chi connectivity index (χ2v) is 8.93. The summed E-state index contributed by atoms with van der Waals surface area (Å²) in [6, 6.07) is 8.03. The van der Waals surface area contributed by atoms with E-state index >= 15 is 0 Å². The number of hydrogen-bond acceptors (Lipinski definition) is 3. The molecule has 1 heterocycles. The lowest BCUT2D eigenvalue weighted by atomic mass is 10.1. The standard InChI is InChI=1S/C24H37N5O2/c1-4-25-24(26-15-18-9-11-20(12-10-18)27-22(30)17(2)3)28-21-13-14-29(16-21)23(31)19-7-5-6-8-19/h9-12,17,19,21H,4-8,13-16H2,1-3H3,(H,27,30)(H2,25,26,28). The van der Waals surface area contributed by atoms with Crippen LogP contribution in [0.1, 0.15) is 58.4 Å². The number of anilines is 1. The van der Waals surface area contributed by atoms with E-state index in [9.17, 15) is 9.59 Å². The number of likely N-dealkylation sites (tertiary alicyclic amines) is 1. The van der Waals surface area contributed by atoms with Crippen LogP contribution < -0.4 is 16.0 Å². The summed E-state index contributed by atoms with van der Waals surface area (Å²) in [7, 11) is 0. The van der Waals surface area contributed by atoms with Gasteiger partial charge >= 0.3 is 0 Å². The monoisotopic (exact) mass is 427 g/mol. The molecule has 2 aliphatic rings. The van der Waals surface area contributed by atoms with Gasteiger partial charge in [-0.05, 0) is 43.9 Å². The third kappa shape index (κ3) is 6.71. The van der Waals surface area contributed by atoms with Crippen molar-refractivity contribution < 1.29 is 9.59 Å². The van der Waals surface area contributed by atoms with Crippen molar-refractivity contribution in [3.8, 4) is 0 Å². The number of benzene rings is 1. The third-order valence-electron chi connectivity index (χ3n) is 6.05. The fraction of sp³-hybridized carbons (Fsp3) is 0.625. The molecule has 31 heavy (non-hydrogen) atoms. The van der Waals surface area contributed by atoms with Crippen LogP contribution in [-0.2, 0) is 16.1 Å². The Kier molecular flexibility index (Phi) is 8.32. The van der Waals surface area contributed by atoms with E-state index in [-0.39, 0.29) is 23.8 Å². The van der Waals surface area contributed by atoms with Crippen LogP contribution in [0.15, 0.2) is 29.3 Å². The Hall–Kier alpha value is -2.57. The molecular weight excluding hydrogens is 390 g/mol. The van der Waals surface area contributed by atoms with E-state index in [4.69, 9.17) is 4.99 Å². The maximum atomic E-state index is 12.7. The van der Waals surface area contributed by atoms with E-state index in [1.165, 1.54) is 12.8 Å². The Balaban J connectivity index is 1.52. The fourth-order valence-electron chi connectivity index (χ4n) is 4.17. The van der Waals surface area contributed by atoms with Gasteiger partial charge in [0.25, 0.3) is 0 Å². The lowest BCUT2D eigenvalue weighted by molar-refractivity contribution is -0.134. The quantitative estimate of drug-likeness (QED) is 0.461. The first kappa shape index (κ1) is 23.1. The summed E-state index contributed by atoms with van der Waals surface area (Å²) in [6.45, 7) is 8.71. The number of carbonyl (C=O) groups is 2. The van der Waals surface area contributed by atoms with E-state index in [0.717, 1.165) is 56.1 Å². The fourth-order valence-corrected chi connectivity index (χ4v) is 4.17. The summed E-state index contributed by atoms with van der Waals surface area (Å²) in [6.07, 6.45) is 5.44. The molecule has 7 nitrogen and oxygen atoms in total. The van der Waals surface area contributed by atoms with Crippen LogP contribution in [0.4, 0.5) is 5.69 Å². The highest BCUT2D eigenvalue weighted by molar-refractivity contribution is 5.92. The number of carbonyl (C=O) groups excluding carboxylic acids is 2. The molecule has 0 bridgehead atoms. The van der Waals surface area contributed by atoms with Crippen LogP contribution in [0.5, 0.6) is 0 Å². The topological polar surface area (TPSA) is 85.8 Å². The van der Waals surface area contributed by atoms with Crippen molar-refractivity contribution in [2.75, 3.05) is 25.0 Å². The van der Waals surface area contributed by atoms with Gasteiger partial charge in [0.15, 0.2) is 5.96 Å². The molecule has 1 unspecified atom stereocenters. The minimum absolute atomic E-state index is 0.0152. The van der Waals surface area contributed by atoms with Crippen molar-refractivity contribution in [3.05, 3.63) is 29.8 Å². The van der Waals surface area contributed by atoms with E-state index in [1.807, 2.05) is 49.9 Å². The number of rotatable bonds is 7. The molecule has 1 aliphatic carbocycles. The number of aliphatic imine (C=N–C) groups is 1. The van der Waals surface area contributed by atoms with Gasteiger partial charge in [0.05, 0.1) is 6.54 Å². The molecule has 1 aromatic carbocycles. The minimum Gasteiger partial charge on any atom is -0.357 e. The van der Waals surface area contributed by atoms with Gasteiger partial charge < -0.3 is 20.9 Å². The smallest absolute Gasteiger partial charge is 0.226 e. The number of guanidine groups is 1. The summed E-state index contributed by atoms with van der Waals surface area (Å²) in [4.78, 5) is 31.2. The Labute approximate surface area is 186 Å². The molecule has 3 N–H and O–H groups in total. The van der Waals surface area contributed by atoms with Crippen LogP contribution >= 0.6 is 0 Å². The highest BCUT2D eigenvalue weighted by Crippen LogP contribution is 2.27. The maximum Gasteiger partial charge on any atom is 0.226 e. The maximum absolute atomic E-state index is 12.7. The van der Waals surface area contributed by atoms with Crippen molar-refractivity contribution in [1.29, 1.82) is 0 Å². The van der Waals surface area contributed by atoms with Gasteiger partial charge in [-0.1, -0.05) is 38.8 Å². The zero-order valence-electron chi connectivity index (χ0n) is 19.1. The number of nitrogens with one attached hydrogen (secondary N) is 3. The summed E-state index contributed by atoms with van der Waals surface area (Å²) in [5, 5.41) is 9.71. The Morgan fingerprint density at radius 3 is 2.48 bits per heavy atom. The zero-order valence-corrected chi connectivity index (χ0v) is 19.1. The molecule has 2 fully saturated rings. The molecule has 3 rings (SSSR count). The second-order valence-electron chi connectivity index (χ2n) is 8.93. The average Bonchev–Trinajstić information content (AvgIpc) is 3.45. The van der Waals surface area contributed by atoms with E-state index < -0.39 is 0 Å². The van der Waals surface area contributed by atoms with Gasteiger partial charge in [0.1, 0.15) is 0 Å². The van der Waals surface area contributed by atoms with E-state index in [1.54, 1.807) is 0 Å².